The monoisotopic (exact) mass is 416 g/mol. The lowest BCUT2D eigenvalue weighted by molar-refractivity contribution is 0.149. The maximum Gasteiger partial charge on any atom is 0.0501 e. The molecule has 30 heavy (non-hydrogen) atoms. The van der Waals surface area contributed by atoms with Crippen molar-refractivity contribution >= 4 is 0 Å². The van der Waals surface area contributed by atoms with Gasteiger partial charge in [-0.2, -0.15) is 0 Å². The molecule has 172 valence electrons. The second kappa shape index (κ2) is 18.2. The first-order chi connectivity index (χ1) is 14.4. The summed E-state index contributed by atoms with van der Waals surface area (Å²) in [6.07, 6.45) is 17.6. The molecule has 2 aliphatic heterocycles. The summed E-state index contributed by atoms with van der Waals surface area (Å²) in [5.74, 6) is 0.818. The SMILES string of the molecule is C=CCCC.C=CCCNN1C=CC(CC2CCN(C(C)C)CC2)=CC1=C.CNC. The van der Waals surface area contributed by atoms with Gasteiger partial charge in [0.15, 0.2) is 0 Å². The Kier molecular flexibility index (Phi) is 17.2. The molecule has 0 amide bonds. The van der Waals surface area contributed by atoms with E-state index in [4.69, 9.17) is 0 Å². The van der Waals surface area contributed by atoms with E-state index in [0.29, 0.717) is 6.04 Å². The van der Waals surface area contributed by atoms with Gasteiger partial charge in [0, 0.05) is 18.8 Å². The van der Waals surface area contributed by atoms with Gasteiger partial charge >= 0.3 is 0 Å². The summed E-state index contributed by atoms with van der Waals surface area (Å²) in [5.41, 5.74) is 5.78. The summed E-state index contributed by atoms with van der Waals surface area (Å²) in [6.45, 7) is 21.6. The quantitative estimate of drug-likeness (QED) is 0.375. The molecular formula is C26H48N4. The minimum absolute atomic E-state index is 0.685. The van der Waals surface area contributed by atoms with Crippen LogP contribution in [0.25, 0.3) is 0 Å². The van der Waals surface area contributed by atoms with Gasteiger partial charge in [0.05, 0.1) is 5.70 Å². The van der Waals surface area contributed by atoms with Crippen LogP contribution < -0.4 is 10.7 Å². The van der Waals surface area contributed by atoms with Crippen LogP contribution in [0.3, 0.4) is 0 Å². The van der Waals surface area contributed by atoms with Crippen molar-refractivity contribution in [3.8, 4) is 0 Å². The molecule has 0 spiro atoms. The first-order valence-electron chi connectivity index (χ1n) is 11.6. The highest BCUT2D eigenvalue weighted by molar-refractivity contribution is 5.33. The van der Waals surface area contributed by atoms with E-state index in [9.17, 15) is 0 Å². The van der Waals surface area contributed by atoms with Crippen LogP contribution in [0.15, 0.2) is 61.5 Å². The second-order valence-electron chi connectivity index (χ2n) is 8.24. The lowest BCUT2D eigenvalue weighted by atomic mass is 9.89. The number of piperidine rings is 1. The van der Waals surface area contributed by atoms with Gasteiger partial charge in [-0.3, -0.25) is 5.01 Å². The molecule has 2 heterocycles. The predicted molar refractivity (Wildman–Crippen MR) is 135 cm³/mol. The van der Waals surface area contributed by atoms with E-state index in [1.54, 1.807) is 0 Å². The Hall–Kier alpha value is -1.62. The lowest BCUT2D eigenvalue weighted by Gasteiger charge is -2.35. The van der Waals surface area contributed by atoms with Gasteiger partial charge in [-0.1, -0.05) is 32.1 Å². The number of hydrogen-bond donors (Lipinski definition) is 2. The third-order valence-corrected chi connectivity index (χ3v) is 5.13. The largest absolute Gasteiger partial charge is 0.323 e. The van der Waals surface area contributed by atoms with E-state index in [-0.39, 0.29) is 0 Å². The number of unbranched alkanes of at least 4 members (excludes halogenated alkanes) is 1. The molecule has 1 saturated heterocycles. The molecule has 4 nitrogen and oxygen atoms in total. The summed E-state index contributed by atoms with van der Waals surface area (Å²) >= 11 is 0. The number of hydrogen-bond acceptors (Lipinski definition) is 4. The molecule has 0 bridgehead atoms. The van der Waals surface area contributed by atoms with E-state index in [0.717, 1.165) is 31.0 Å². The van der Waals surface area contributed by atoms with Gasteiger partial charge in [-0.15, -0.1) is 13.2 Å². The third kappa shape index (κ3) is 12.8. The number of likely N-dealkylation sites (tertiary alicyclic amines) is 1. The highest BCUT2D eigenvalue weighted by atomic mass is 15.5. The predicted octanol–water partition coefficient (Wildman–Crippen LogP) is 5.66. The molecule has 2 N–H and O–H groups in total. The van der Waals surface area contributed by atoms with Crippen molar-refractivity contribution in [1.82, 2.24) is 20.7 Å². The number of rotatable bonds is 9. The van der Waals surface area contributed by atoms with Gasteiger partial charge in [-0.05, 0) is 96.8 Å². The zero-order valence-electron chi connectivity index (χ0n) is 20.4. The average Bonchev–Trinajstić information content (AvgIpc) is 2.72. The van der Waals surface area contributed by atoms with Crippen LogP contribution in [-0.4, -0.2) is 49.7 Å². The molecule has 1 fully saturated rings. The fraction of sp³-hybridized carbons (Fsp3) is 0.615. The number of nitrogens with one attached hydrogen (secondary N) is 2. The van der Waals surface area contributed by atoms with Crippen LogP contribution in [0.4, 0.5) is 0 Å². The number of allylic oxidation sites excluding steroid dienone is 4. The molecule has 4 heteroatoms. The van der Waals surface area contributed by atoms with Crippen molar-refractivity contribution in [2.45, 2.75) is 65.3 Å². The molecule has 0 aromatic carbocycles. The third-order valence-electron chi connectivity index (χ3n) is 5.13. The molecule has 0 aliphatic carbocycles. The molecule has 0 aromatic heterocycles. The maximum absolute atomic E-state index is 4.15. The molecule has 0 aromatic rings. The smallest absolute Gasteiger partial charge is 0.0501 e. The number of nitrogens with zero attached hydrogens (tertiary/aromatic N) is 2. The molecule has 2 aliphatic rings. The van der Waals surface area contributed by atoms with Crippen LogP contribution in [0.2, 0.25) is 0 Å². The van der Waals surface area contributed by atoms with Crippen molar-refractivity contribution in [2.24, 2.45) is 5.92 Å². The molecule has 0 atom stereocenters. The topological polar surface area (TPSA) is 30.5 Å². The Morgan fingerprint density at radius 1 is 1.13 bits per heavy atom. The Balaban J connectivity index is 0.000000902. The summed E-state index contributed by atoms with van der Waals surface area (Å²) in [5, 5.41) is 4.76. The Bertz CT molecular complexity index is 525. The highest BCUT2D eigenvalue weighted by Crippen LogP contribution is 2.27. The Labute approximate surface area is 187 Å². The molecule has 0 radical (unpaired) electrons. The molecule has 0 saturated carbocycles. The number of hydrazine groups is 1. The zero-order valence-corrected chi connectivity index (χ0v) is 20.4. The average molecular weight is 417 g/mol. The lowest BCUT2D eigenvalue weighted by Crippen LogP contribution is -2.38. The van der Waals surface area contributed by atoms with Crippen LogP contribution in [0.5, 0.6) is 0 Å². The summed E-state index contributed by atoms with van der Waals surface area (Å²) in [4.78, 5) is 2.59. The highest BCUT2D eigenvalue weighted by Gasteiger charge is 2.21. The van der Waals surface area contributed by atoms with Gasteiger partial charge in [0.2, 0.25) is 0 Å². The van der Waals surface area contributed by atoms with E-state index >= 15 is 0 Å². The standard InChI is InChI=1S/C19H31N3.C5H10.C2H7N/c1-5-6-10-20-22-13-9-19(14-17(22)4)15-18-7-11-21(12-8-18)16(2)3;1-3-5-4-2;1-3-2/h5,9,13-14,16,18,20H,1,4,6-8,10-12,15H2,2-3H3;3H,1,4-5H2,2H3;3H,1-2H3. The van der Waals surface area contributed by atoms with Gasteiger partial charge in [0.25, 0.3) is 0 Å². The fourth-order valence-electron chi connectivity index (χ4n) is 3.38. The van der Waals surface area contributed by atoms with Crippen LogP contribution >= 0.6 is 0 Å². The van der Waals surface area contributed by atoms with Gasteiger partial charge < -0.3 is 10.2 Å². The van der Waals surface area contributed by atoms with E-state index < -0.39 is 0 Å². The molecule has 0 unspecified atom stereocenters. The van der Waals surface area contributed by atoms with E-state index in [2.05, 4.69) is 74.5 Å². The first kappa shape index (κ1) is 28.4. The van der Waals surface area contributed by atoms with Gasteiger partial charge in [-0.25, -0.2) is 5.43 Å². The fourth-order valence-corrected chi connectivity index (χ4v) is 3.38. The maximum atomic E-state index is 4.15. The van der Waals surface area contributed by atoms with Crippen LogP contribution in [0, 0.1) is 5.92 Å². The molecule has 2 rings (SSSR count). The van der Waals surface area contributed by atoms with Crippen molar-refractivity contribution in [3.63, 3.8) is 0 Å². The minimum atomic E-state index is 0.685. The summed E-state index contributed by atoms with van der Waals surface area (Å²) in [7, 11) is 3.75. The summed E-state index contributed by atoms with van der Waals surface area (Å²) in [6, 6.07) is 0.685. The molecular weight excluding hydrogens is 368 g/mol. The summed E-state index contributed by atoms with van der Waals surface area (Å²) < 4.78 is 0. The first-order valence-corrected chi connectivity index (χ1v) is 11.6. The second-order valence-corrected chi connectivity index (χ2v) is 8.24. The van der Waals surface area contributed by atoms with E-state index in [1.807, 2.05) is 31.3 Å². The normalized spacial score (nSPS) is 16.9. The Morgan fingerprint density at radius 2 is 1.73 bits per heavy atom. The zero-order chi connectivity index (χ0) is 22.8. The Morgan fingerprint density at radius 3 is 2.17 bits per heavy atom. The van der Waals surface area contributed by atoms with Crippen molar-refractivity contribution in [3.05, 3.63) is 61.5 Å². The van der Waals surface area contributed by atoms with Crippen LogP contribution in [0.1, 0.15) is 59.3 Å². The van der Waals surface area contributed by atoms with Crippen molar-refractivity contribution in [1.29, 1.82) is 0 Å². The van der Waals surface area contributed by atoms with E-state index in [1.165, 1.54) is 44.3 Å². The van der Waals surface area contributed by atoms with Crippen molar-refractivity contribution in [2.75, 3.05) is 33.7 Å². The van der Waals surface area contributed by atoms with Crippen LogP contribution in [-0.2, 0) is 0 Å². The minimum Gasteiger partial charge on any atom is -0.323 e. The van der Waals surface area contributed by atoms with Crippen molar-refractivity contribution < 1.29 is 0 Å². The van der Waals surface area contributed by atoms with Gasteiger partial charge in [0.1, 0.15) is 0 Å².